The number of methoxy groups -OCH3 is 3. The van der Waals surface area contributed by atoms with Gasteiger partial charge in [-0.2, -0.15) is 5.10 Å². The number of carbonyl (C=O) groups is 1. The van der Waals surface area contributed by atoms with E-state index in [0.717, 1.165) is 16.8 Å². The second-order valence-electron chi connectivity index (χ2n) is 7.87. The molecule has 1 N–H and O–H groups in total. The van der Waals surface area contributed by atoms with Crippen molar-refractivity contribution in [2.75, 3.05) is 27.1 Å². The van der Waals surface area contributed by atoms with Crippen molar-refractivity contribution in [2.45, 2.75) is 12.1 Å². The lowest BCUT2D eigenvalue weighted by molar-refractivity contribution is -0.118. The Morgan fingerprint density at radius 3 is 2.30 bits per heavy atom. The molecule has 1 heterocycles. The average Bonchev–Trinajstić information content (AvgIpc) is 3.36. The molecule has 0 fully saturated rings. The highest BCUT2D eigenvalue weighted by Gasteiger charge is 2.17. The van der Waals surface area contributed by atoms with Crippen molar-refractivity contribution in [3.8, 4) is 34.3 Å². The van der Waals surface area contributed by atoms with E-state index in [9.17, 15) is 4.79 Å². The Hall–Kier alpha value is -4.31. The van der Waals surface area contributed by atoms with E-state index in [4.69, 9.17) is 14.2 Å². The molecule has 0 saturated heterocycles. The Kier molecular flexibility index (Phi) is 8.42. The van der Waals surface area contributed by atoms with E-state index in [2.05, 4.69) is 20.7 Å². The highest BCUT2D eigenvalue weighted by atomic mass is 32.2. The third-order valence-electron chi connectivity index (χ3n) is 5.42. The molecule has 4 aromatic rings. The topological polar surface area (TPSA) is 99.9 Å². The fourth-order valence-corrected chi connectivity index (χ4v) is 4.30. The number of carbonyl (C=O) groups excluding carboxylic acids is 1. The maximum Gasteiger partial charge on any atom is 0.250 e. The van der Waals surface area contributed by atoms with Crippen LogP contribution in [0.5, 0.6) is 17.2 Å². The molecular weight excluding hydrogens is 490 g/mol. The molecule has 0 radical (unpaired) electrons. The molecule has 9 nitrogen and oxygen atoms in total. The highest BCUT2D eigenvalue weighted by Crippen LogP contribution is 2.33. The number of amides is 1. The zero-order valence-electron chi connectivity index (χ0n) is 21.0. The number of ether oxygens (including phenoxy) is 3. The van der Waals surface area contributed by atoms with E-state index >= 15 is 0 Å². The largest absolute Gasteiger partial charge is 0.496 e. The first-order chi connectivity index (χ1) is 18.0. The van der Waals surface area contributed by atoms with Crippen LogP contribution in [-0.2, 0) is 4.79 Å². The first-order valence-electron chi connectivity index (χ1n) is 11.4. The quantitative estimate of drug-likeness (QED) is 0.188. The van der Waals surface area contributed by atoms with Crippen LogP contribution in [0.4, 0.5) is 0 Å². The molecular formula is C27H27N5O4S. The van der Waals surface area contributed by atoms with E-state index in [-0.39, 0.29) is 11.7 Å². The van der Waals surface area contributed by atoms with Gasteiger partial charge in [-0.25, -0.2) is 5.43 Å². The van der Waals surface area contributed by atoms with E-state index in [0.29, 0.717) is 33.8 Å². The summed E-state index contributed by atoms with van der Waals surface area (Å²) in [6.45, 7) is 2.03. The van der Waals surface area contributed by atoms with Gasteiger partial charge in [0.1, 0.15) is 5.75 Å². The van der Waals surface area contributed by atoms with Gasteiger partial charge in [0, 0.05) is 22.9 Å². The number of nitrogens with zero attached hydrogens (tertiary/aromatic N) is 4. The fraction of sp³-hybridized carbons (Fsp3) is 0.185. The molecule has 0 saturated carbocycles. The second kappa shape index (κ2) is 12.1. The smallest absolute Gasteiger partial charge is 0.250 e. The summed E-state index contributed by atoms with van der Waals surface area (Å²) in [5.74, 6) is 2.09. The van der Waals surface area contributed by atoms with Crippen LogP contribution in [0.15, 0.2) is 77.0 Å². The van der Waals surface area contributed by atoms with Gasteiger partial charge in [0.25, 0.3) is 5.91 Å². The van der Waals surface area contributed by atoms with Gasteiger partial charge in [-0.15, -0.1) is 10.2 Å². The van der Waals surface area contributed by atoms with Crippen molar-refractivity contribution < 1.29 is 19.0 Å². The second-order valence-corrected chi connectivity index (χ2v) is 8.82. The van der Waals surface area contributed by atoms with Gasteiger partial charge >= 0.3 is 0 Å². The van der Waals surface area contributed by atoms with Crippen LogP contribution < -0.4 is 19.6 Å². The lowest BCUT2D eigenvalue weighted by atomic mass is 10.2. The molecule has 1 aromatic heterocycles. The maximum atomic E-state index is 12.6. The highest BCUT2D eigenvalue weighted by molar-refractivity contribution is 7.99. The molecule has 0 atom stereocenters. The third-order valence-corrected chi connectivity index (χ3v) is 6.35. The Labute approximate surface area is 219 Å². The molecule has 0 aliphatic heterocycles. The molecule has 4 rings (SSSR count). The molecule has 1 amide bonds. The van der Waals surface area contributed by atoms with E-state index in [1.54, 1.807) is 33.5 Å². The number of hydrogen-bond donors (Lipinski definition) is 1. The number of hydrazone groups is 1. The monoisotopic (exact) mass is 517 g/mol. The lowest BCUT2D eigenvalue weighted by Gasteiger charge is -2.11. The van der Waals surface area contributed by atoms with Crippen molar-refractivity contribution in [3.05, 3.63) is 77.9 Å². The normalized spacial score (nSPS) is 10.9. The first-order valence-corrected chi connectivity index (χ1v) is 12.3. The van der Waals surface area contributed by atoms with Crippen LogP contribution in [0.2, 0.25) is 0 Å². The molecule has 3 aromatic carbocycles. The summed E-state index contributed by atoms with van der Waals surface area (Å²) >= 11 is 1.28. The SMILES string of the molecule is COc1cc(OC)c(OC)cc1/C=N\NC(=O)CSc1nnc(-c2ccccc2)n1-c1ccc(C)cc1. The third kappa shape index (κ3) is 6.10. The molecule has 190 valence electrons. The minimum Gasteiger partial charge on any atom is -0.496 e. The number of rotatable bonds is 10. The Bertz CT molecular complexity index is 1390. The summed E-state index contributed by atoms with van der Waals surface area (Å²) in [6.07, 6.45) is 1.49. The molecule has 0 unspecified atom stereocenters. The number of aryl methyl sites for hydroxylation is 1. The maximum absolute atomic E-state index is 12.6. The predicted octanol–water partition coefficient (Wildman–Crippen LogP) is 4.51. The number of thioether (sulfide) groups is 1. The summed E-state index contributed by atoms with van der Waals surface area (Å²) in [5, 5.41) is 13.5. The van der Waals surface area contributed by atoms with Crippen molar-refractivity contribution >= 4 is 23.9 Å². The van der Waals surface area contributed by atoms with Crippen LogP contribution in [0.25, 0.3) is 17.1 Å². The molecule has 0 aliphatic rings. The minimum atomic E-state index is -0.291. The fourth-order valence-electron chi connectivity index (χ4n) is 3.55. The molecule has 0 spiro atoms. The van der Waals surface area contributed by atoms with Gasteiger partial charge in [-0.3, -0.25) is 9.36 Å². The summed E-state index contributed by atoms with van der Waals surface area (Å²) in [7, 11) is 4.63. The van der Waals surface area contributed by atoms with Crippen molar-refractivity contribution in [3.63, 3.8) is 0 Å². The van der Waals surface area contributed by atoms with Crippen molar-refractivity contribution in [2.24, 2.45) is 5.10 Å². The van der Waals surface area contributed by atoms with Gasteiger partial charge in [-0.05, 0) is 25.1 Å². The lowest BCUT2D eigenvalue weighted by Crippen LogP contribution is -2.20. The van der Waals surface area contributed by atoms with Crippen LogP contribution >= 0.6 is 11.8 Å². The van der Waals surface area contributed by atoms with E-state index < -0.39 is 0 Å². The van der Waals surface area contributed by atoms with Crippen molar-refractivity contribution in [1.82, 2.24) is 20.2 Å². The van der Waals surface area contributed by atoms with Gasteiger partial charge in [-0.1, -0.05) is 59.8 Å². The van der Waals surface area contributed by atoms with Crippen LogP contribution in [0, 0.1) is 6.92 Å². The van der Waals surface area contributed by atoms with E-state index in [1.807, 2.05) is 66.1 Å². The van der Waals surface area contributed by atoms with Gasteiger partial charge < -0.3 is 14.2 Å². The van der Waals surface area contributed by atoms with Crippen LogP contribution in [0.1, 0.15) is 11.1 Å². The Morgan fingerprint density at radius 1 is 0.946 bits per heavy atom. The summed E-state index contributed by atoms with van der Waals surface area (Å²) in [5.41, 5.74) is 6.17. The van der Waals surface area contributed by atoms with Gasteiger partial charge in [0.15, 0.2) is 22.5 Å². The number of hydrogen-bond acceptors (Lipinski definition) is 8. The van der Waals surface area contributed by atoms with Crippen LogP contribution in [0.3, 0.4) is 0 Å². The summed E-state index contributed by atoms with van der Waals surface area (Å²) < 4.78 is 18.0. The average molecular weight is 518 g/mol. The molecule has 10 heteroatoms. The van der Waals surface area contributed by atoms with Crippen molar-refractivity contribution in [1.29, 1.82) is 0 Å². The molecule has 37 heavy (non-hydrogen) atoms. The number of nitrogens with one attached hydrogen (secondary N) is 1. The number of benzene rings is 3. The standard InChI is InChI=1S/C27H27N5O4S/c1-18-10-12-21(13-11-18)32-26(19-8-6-5-7-9-19)30-31-27(32)37-17-25(33)29-28-16-20-14-23(35-3)24(36-4)15-22(20)34-2/h5-16H,17H2,1-4H3,(H,29,33)/b28-16-. The van der Waals surface area contributed by atoms with E-state index in [1.165, 1.54) is 18.0 Å². The number of aromatic nitrogens is 3. The van der Waals surface area contributed by atoms with Gasteiger partial charge in [0.2, 0.25) is 0 Å². The Balaban J connectivity index is 1.49. The molecule has 0 aliphatic carbocycles. The first kappa shape index (κ1) is 25.8. The van der Waals surface area contributed by atoms with Gasteiger partial charge in [0.05, 0.1) is 33.3 Å². The molecule has 0 bridgehead atoms. The predicted molar refractivity (Wildman–Crippen MR) is 144 cm³/mol. The summed E-state index contributed by atoms with van der Waals surface area (Å²) in [4.78, 5) is 12.6. The van der Waals surface area contributed by atoms with Crippen LogP contribution in [-0.4, -0.2) is 54.0 Å². The summed E-state index contributed by atoms with van der Waals surface area (Å²) in [6, 6.07) is 21.3. The zero-order valence-corrected chi connectivity index (χ0v) is 21.8. The zero-order chi connectivity index (χ0) is 26.2. The minimum absolute atomic E-state index is 0.0964. The Morgan fingerprint density at radius 2 is 1.62 bits per heavy atom.